The number of carboxylic acids is 1. The predicted octanol–water partition coefficient (Wildman–Crippen LogP) is 3.37. The fourth-order valence-electron chi connectivity index (χ4n) is 3.45. The SMILES string of the molecule is CC.CCC[C@H](NC(=O)CCCCCCCCCCCCCCCCC=O)C(=O)O.[CH-]=O.[CH2-]CO.[K+]. The maximum absolute atomic E-state index is 11.8. The molecule has 1 atom stereocenters. The quantitative estimate of drug-likeness (QED) is 0.0888. The average Bonchev–Trinajstić information content (AvgIpc) is 2.86. The van der Waals surface area contributed by atoms with Crippen LogP contribution in [0.3, 0.4) is 0 Å². The van der Waals surface area contributed by atoms with Crippen molar-refractivity contribution in [3.63, 3.8) is 0 Å². The molecule has 0 bridgehead atoms. The van der Waals surface area contributed by atoms with Crippen LogP contribution in [0.1, 0.15) is 136 Å². The van der Waals surface area contributed by atoms with Crippen LogP contribution in [-0.2, 0) is 19.2 Å². The monoisotopic (exact) mass is 540 g/mol. The molecule has 0 spiro atoms. The molecule has 0 aromatic heterocycles. The van der Waals surface area contributed by atoms with Crippen LogP contribution in [0.5, 0.6) is 0 Å². The van der Waals surface area contributed by atoms with E-state index in [0.29, 0.717) is 12.8 Å². The molecular formula is C28H55KNO6-. The largest absolute Gasteiger partial charge is 1.00 e. The van der Waals surface area contributed by atoms with Crippen molar-refractivity contribution in [2.75, 3.05) is 6.61 Å². The van der Waals surface area contributed by atoms with E-state index < -0.39 is 12.0 Å². The number of aliphatic hydroxyl groups is 1. The van der Waals surface area contributed by atoms with Crippen LogP contribution in [-0.4, -0.2) is 47.8 Å². The number of carbonyl (C=O) groups is 3. The summed E-state index contributed by atoms with van der Waals surface area (Å²) in [6.45, 7) is 12.2. The molecule has 0 unspecified atom stereocenters. The van der Waals surface area contributed by atoms with Crippen molar-refractivity contribution in [2.45, 2.75) is 142 Å². The number of aliphatic hydroxyl groups excluding tert-OH is 1. The minimum Gasteiger partial charge on any atom is -0.545 e. The van der Waals surface area contributed by atoms with E-state index in [-0.39, 0.29) is 63.9 Å². The molecule has 3 N–H and O–H groups in total. The molecule has 0 aliphatic heterocycles. The van der Waals surface area contributed by atoms with Crippen LogP contribution in [0, 0.1) is 6.92 Å². The van der Waals surface area contributed by atoms with Gasteiger partial charge in [-0.1, -0.05) is 111 Å². The van der Waals surface area contributed by atoms with Gasteiger partial charge in [0.1, 0.15) is 12.3 Å². The summed E-state index contributed by atoms with van der Waals surface area (Å²) in [5.41, 5.74) is 0. The minimum absolute atomic E-state index is 0. The molecule has 0 radical (unpaired) electrons. The molecule has 0 aliphatic carbocycles. The Morgan fingerprint density at radius 3 is 1.47 bits per heavy atom. The third kappa shape index (κ3) is 43.9. The molecule has 0 aliphatic rings. The number of aldehydes is 1. The first-order valence-electron chi connectivity index (χ1n) is 13.6. The van der Waals surface area contributed by atoms with E-state index >= 15 is 0 Å². The average molecular weight is 541 g/mol. The number of hydrogen-bond acceptors (Lipinski definition) is 5. The first kappa shape index (κ1) is 45.8. The molecule has 0 saturated carbocycles. The van der Waals surface area contributed by atoms with Crippen molar-refractivity contribution < 1.29 is 80.8 Å². The molecule has 1 amide bonds. The van der Waals surface area contributed by atoms with Crippen molar-refractivity contribution in [2.24, 2.45) is 0 Å². The summed E-state index contributed by atoms with van der Waals surface area (Å²) in [4.78, 5) is 40.8. The third-order valence-corrected chi connectivity index (χ3v) is 5.19. The topological polar surface area (TPSA) is 121 Å². The standard InChI is InChI=1S/C23H43NO4.C2H5O.C2H6.CHO.K/c1-2-18-21(23(27)28)24-22(26)19-16-14-12-10-8-6-4-3-5-7-9-11-13-15-17-20-25;1-2-3;2*1-2;/h20-21H,2-19H2,1H3,(H,24,26)(H,27,28);3H,1-2H2;1-2H3;1H;/q;-1;;-1;+1/t21-;;;;/m0..../s1. The van der Waals surface area contributed by atoms with E-state index in [4.69, 9.17) is 15.0 Å². The second kappa shape index (κ2) is 44.8. The zero-order chi connectivity index (χ0) is 27.6. The molecule has 0 saturated heterocycles. The number of nitrogens with one attached hydrogen (secondary N) is 1. The molecular weight excluding hydrogens is 485 g/mol. The van der Waals surface area contributed by atoms with Crippen LogP contribution in [0.15, 0.2) is 0 Å². The van der Waals surface area contributed by atoms with Gasteiger partial charge in [-0.2, -0.15) is 0 Å². The van der Waals surface area contributed by atoms with Gasteiger partial charge in [-0.15, -0.1) is 0 Å². The van der Waals surface area contributed by atoms with Gasteiger partial charge in [0.2, 0.25) is 5.91 Å². The summed E-state index contributed by atoms with van der Waals surface area (Å²) in [5, 5.41) is 19.1. The van der Waals surface area contributed by atoms with Crippen molar-refractivity contribution in [3.8, 4) is 0 Å². The summed E-state index contributed by atoms with van der Waals surface area (Å²) in [6, 6.07) is -0.736. The molecule has 0 heterocycles. The van der Waals surface area contributed by atoms with Crippen molar-refractivity contribution in [1.82, 2.24) is 5.32 Å². The van der Waals surface area contributed by atoms with Crippen LogP contribution < -0.4 is 56.7 Å². The maximum atomic E-state index is 11.8. The van der Waals surface area contributed by atoms with Crippen molar-refractivity contribution in [1.29, 1.82) is 0 Å². The Balaban J connectivity index is -0.000000361. The van der Waals surface area contributed by atoms with Crippen molar-refractivity contribution in [3.05, 3.63) is 6.92 Å². The number of rotatable bonds is 21. The van der Waals surface area contributed by atoms with E-state index in [9.17, 15) is 14.4 Å². The fraction of sp³-hybridized carbons (Fsp3) is 0.821. The second-order valence-corrected chi connectivity index (χ2v) is 8.13. The number of carboxylic acid groups (broad SMARTS) is 1. The number of amides is 1. The zero-order valence-corrected chi connectivity index (χ0v) is 27.0. The normalized spacial score (nSPS) is 10.0. The van der Waals surface area contributed by atoms with E-state index in [0.717, 1.165) is 44.8 Å². The Morgan fingerprint density at radius 2 is 1.17 bits per heavy atom. The Morgan fingerprint density at radius 1 is 0.833 bits per heavy atom. The van der Waals surface area contributed by atoms with Crippen LogP contribution in [0.4, 0.5) is 0 Å². The van der Waals surface area contributed by atoms with Crippen molar-refractivity contribution >= 4 is 25.0 Å². The van der Waals surface area contributed by atoms with E-state index in [1.54, 1.807) is 0 Å². The molecule has 8 heteroatoms. The van der Waals surface area contributed by atoms with Gasteiger partial charge >= 0.3 is 57.4 Å². The van der Waals surface area contributed by atoms with Gasteiger partial charge in [0.25, 0.3) is 0 Å². The van der Waals surface area contributed by atoms with Crippen LogP contribution in [0.25, 0.3) is 0 Å². The van der Waals surface area contributed by atoms with E-state index in [2.05, 4.69) is 19.0 Å². The Hall–Kier alpha value is -0.124. The number of aliphatic carboxylic acids is 1. The summed E-state index contributed by atoms with van der Waals surface area (Å²) < 4.78 is 0. The van der Waals surface area contributed by atoms with Gasteiger partial charge < -0.3 is 32.0 Å². The molecule has 0 aromatic rings. The van der Waals surface area contributed by atoms with E-state index in [1.807, 2.05) is 20.8 Å². The summed E-state index contributed by atoms with van der Waals surface area (Å²) in [7, 11) is 0. The van der Waals surface area contributed by atoms with Crippen LogP contribution in [0.2, 0.25) is 0 Å². The molecule has 210 valence electrons. The molecule has 36 heavy (non-hydrogen) atoms. The van der Waals surface area contributed by atoms with Gasteiger partial charge in [0, 0.05) is 12.8 Å². The summed E-state index contributed by atoms with van der Waals surface area (Å²) >= 11 is 0. The summed E-state index contributed by atoms with van der Waals surface area (Å²) in [5.74, 6) is -1.07. The Bertz CT molecular complexity index is 438. The molecule has 0 aromatic carbocycles. The molecule has 7 nitrogen and oxygen atoms in total. The number of unbranched alkanes of at least 4 members (excludes halogenated alkanes) is 14. The summed E-state index contributed by atoms with van der Waals surface area (Å²) in [6.07, 6.45) is 20.4. The fourth-order valence-corrected chi connectivity index (χ4v) is 3.45. The first-order chi connectivity index (χ1) is 17.0. The predicted molar refractivity (Wildman–Crippen MR) is 145 cm³/mol. The number of hydrogen-bond donors (Lipinski definition) is 3. The maximum Gasteiger partial charge on any atom is 1.00 e. The Kier molecular flexibility index (Phi) is 57.0. The minimum atomic E-state index is -0.940. The van der Waals surface area contributed by atoms with Crippen LogP contribution >= 0.6 is 0 Å². The zero-order valence-electron chi connectivity index (χ0n) is 23.9. The second-order valence-electron chi connectivity index (χ2n) is 8.13. The first-order valence-corrected chi connectivity index (χ1v) is 13.6. The Labute approximate surface area is 264 Å². The van der Waals surface area contributed by atoms with Gasteiger partial charge in [-0.25, -0.2) is 4.79 Å². The van der Waals surface area contributed by atoms with E-state index in [1.165, 1.54) is 64.2 Å². The van der Waals surface area contributed by atoms with Gasteiger partial charge in [0.15, 0.2) is 0 Å². The third-order valence-electron chi connectivity index (χ3n) is 5.19. The van der Waals surface area contributed by atoms with Gasteiger partial charge in [0.05, 0.1) is 0 Å². The smallest absolute Gasteiger partial charge is 0.545 e. The molecule has 0 rings (SSSR count). The van der Waals surface area contributed by atoms with Gasteiger partial charge in [-0.05, 0) is 19.3 Å². The molecule has 0 fully saturated rings. The number of carbonyl (C=O) groups excluding carboxylic acids is 3. The van der Waals surface area contributed by atoms with Gasteiger partial charge in [-0.3, -0.25) is 11.6 Å².